The average molecular weight is 395 g/mol. The quantitative estimate of drug-likeness (QED) is 0.492. The first kappa shape index (κ1) is 17.7. The van der Waals surface area contributed by atoms with E-state index in [2.05, 4.69) is 20.3 Å². The van der Waals surface area contributed by atoms with Crippen LogP contribution in [0.5, 0.6) is 0 Å². The molecule has 28 heavy (non-hydrogen) atoms. The summed E-state index contributed by atoms with van der Waals surface area (Å²) >= 11 is 5.99. The molecule has 2 heterocycles. The Balaban J connectivity index is 1.75. The number of benzene rings is 2. The summed E-state index contributed by atoms with van der Waals surface area (Å²) in [5.74, 6) is -1.04. The van der Waals surface area contributed by atoms with Gasteiger partial charge < -0.3 is 16.0 Å². The molecule has 0 saturated heterocycles. The number of rotatable bonds is 4. The molecule has 8 nitrogen and oxygen atoms in total. The third kappa shape index (κ3) is 3.10. The van der Waals surface area contributed by atoms with E-state index in [4.69, 9.17) is 17.3 Å². The van der Waals surface area contributed by atoms with Crippen LogP contribution >= 0.6 is 11.6 Å². The van der Waals surface area contributed by atoms with E-state index in [1.54, 1.807) is 18.2 Å². The van der Waals surface area contributed by atoms with Gasteiger partial charge in [0.05, 0.1) is 11.0 Å². The molecule has 0 spiro atoms. The number of hydrogen-bond donors (Lipinski definition) is 3. The highest BCUT2D eigenvalue weighted by molar-refractivity contribution is 6.31. The van der Waals surface area contributed by atoms with Gasteiger partial charge in [0.15, 0.2) is 5.69 Å². The highest BCUT2D eigenvalue weighted by Gasteiger charge is 2.24. The van der Waals surface area contributed by atoms with Gasteiger partial charge in [-0.2, -0.15) is 0 Å². The molecule has 2 amide bonds. The molecule has 0 aliphatic rings. The number of nitrogens with zero attached hydrogens (tertiary/aromatic N) is 3. The molecule has 140 valence electrons. The molecule has 0 atom stereocenters. The van der Waals surface area contributed by atoms with Crippen LogP contribution in [0.3, 0.4) is 0 Å². The number of aromatic nitrogens is 4. The lowest BCUT2D eigenvalue weighted by Gasteiger charge is -2.09. The maximum absolute atomic E-state index is 12.8. The molecule has 0 radical (unpaired) electrons. The summed E-state index contributed by atoms with van der Waals surface area (Å²) in [6.07, 6.45) is 1.33. The first-order chi connectivity index (χ1) is 13.4. The summed E-state index contributed by atoms with van der Waals surface area (Å²) in [5, 5.41) is 3.19. The van der Waals surface area contributed by atoms with Crippen LogP contribution in [0.25, 0.3) is 17.0 Å². The molecular formula is C19H15ClN6O2. The fourth-order valence-corrected chi connectivity index (χ4v) is 3.05. The van der Waals surface area contributed by atoms with Gasteiger partial charge in [0.2, 0.25) is 5.95 Å². The number of halogens is 1. The highest BCUT2D eigenvalue weighted by Crippen LogP contribution is 2.22. The van der Waals surface area contributed by atoms with Crippen LogP contribution in [0.2, 0.25) is 5.02 Å². The number of para-hydroxylation sites is 2. The maximum atomic E-state index is 12.8. The molecule has 0 aliphatic heterocycles. The largest absolute Gasteiger partial charge is 0.364 e. The van der Waals surface area contributed by atoms with Crippen molar-refractivity contribution in [3.05, 3.63) is 70.8 Å². The predicted molar refractivity (Wildman–Crippen MR) is 106 cm³/mol. The Morgan fingerprint density at radius 2 is 2.00 bits per heavy atom. The molecular weight excluding hydrogens is 380 g/mol. The van der Waals surface area contributed by atoms with Crippen molar-refractivity contribution in [2.75, 3.05) is 5.32 Å². The number of primary amides is 1. The number of nitrogens with one attached hydrogen (secondary N) is 2. The van der Waals surface area contributed by atoms with Gasteiger partial charge in [0.1, 0.15) is 12.0 Å². The summed E-state index contributed by atoms with van der Waals surface area (Å²) in [6.45, 7) is 1.83. The van der Waals surface area contributed by atoms with Gasteiger partial charge in [0, 0.05) is 10.7 Å². The Bertz CT molecular complexity index is 1190. The van der Waals surface area contributed by atoms with Crippen LogP contribution in [0.4, 0.5) is 5.69 Å². The summed E-state index contributed by atoms with van der Waals surface area (Å²) in [5.41, 5.74) is 8.18. The number of anilines is 1. The number of amides is 2. The van der Waals surface area contributed by atoms with E-state index >= 15 is 0 Å². The normalized spacial score (nSPS) is 10.9. The number of imidazole rings is 2. The van der Waals surface area contributed by atoms with E-state index in [9.17, 15) is 9.59 Å². The van der Waals surface area contributed by atoms with E-state index in [1.807, 2.05) is 31.2 Å². The molecule has 0 unspecified atom stereocenters. The summed E-state index contributed by atoms with van der Waals surface area (Å²) in [4.78, 5) is 36.4. The Morgan fingerprint density at radius 1 is 1.21 bits per heavy atom. The van der Waals surface area contributed by atoms with Crippen LogP contribution < -0.4 is 11.1 Å². The van der Waals surface area contributed by atoms with Crippen molar-refractivity contribution in [2.45, 2.75) is 6.92 Å². The van der Waals surface area contributed by atoms with Crippen LogP contribution in [0.1, 0.15) is 26.5 Å². The van der Waals surface area contributed by atoms with E-state index < -0.39 is 11.8 Å². The molecule has 4 aromatic rings. The summed E-state index contributed by atoms with van der Waals surface area (Å²) in [6, 6.07) is 12.5. The van der Waals surface area contributed by atoms with Crippen molar-refractivity contribution in [2.24, 2.45) is 5.73 Å². The lowest BCUT2D eigenvalue weighted by atomic mass is 10.2. The van der Waals surface area contributed by atoms with Crippen molar-refractivity contribution >= 4 is 40.1 Å². The van der Waals surface area contributed by atoms with E-state index in [1.165, 1.54) is 10.9 Å². The van der Waals surface area contributed by atoms with Gasteiger partial charge in [0.25, 0.3) is 11.8 Å². The first-order valence-electron chi connectivity index (χ1n) is 8.34. The van der Waals surface area contributed by atoms with Crippen LogP contribution in [-0.4, -0.2) is 31.3 Å². The van der Waals surface area contributed by atoms with Crippen LogP contribution in [0.15, 0.2) is 48.8 Å². The second kappa shape index (κ2) is 6.82. The third-order valence-corrected chi connectivity index (χ3v) is 4.50. The van der Waals surface area contributed by atoms with E-state index in [0.717, 1.165) is 11.1 Å². The standard InChI is InChI=1S/C19H15ClN6O2/c1-10-6-7-11(20)8-14(10)23-18(28)15-16(17(21)27)26(9-22-15)19-24-12-4-2-3-5-13(12)25-19/h2-9H,1H3,(H2,21,27)(H,23,28)(H,24,25). The fraction of sp³-hybridized carbons (Fsp3) is 0.0526. The Hall–Kier alpha value is -3.65. The minimum absolute atomic E-state index is 0.0729. The molecule has 9 heteroatoms. The van der Waals surface area contributed by atoms with Crippen molar-refractivity contribution in [3.63, 3.8) is 0 Å². The van der Waals surface area contributed by atoms with Crippen molar-refractivity contribution < 1.29 is 9.59 Å². The third-order valence-electron chi connectivity index (χ3n) is 4.27. The van der Waals surface area contributed by atoms with Gasteiger partial charge >= 0.3 is 0 Å². The molecule has 0 bridgehead atoms. The average Bonchev–Trinajstić information content (AvgIpc) is 3.28. The zero-order chi connectivity index (χ0) is 19.8. The van der Waals surface area contributed by atoms with Crippen molar-refractivity contribution in [1.82, 2.24) is 19.5 Å². The molecule has 2 aromatic heterocycles. The fourth-order valence-electron chi connectivity index (χ4n) is 2.87. The second-order valence-corrected chi connectivity index (χ2v) is 6.60. The minimum atomic E-state index is -0.800. The highest BCUT2D eigenvalue weighted by atomic mass is 35.5. The van der Waals surface area contributed by atoms with Crippen LogP contribution in [-0.2, 0) is 0 Å². The zero-order valence-corrected chi connectivity index (χ0v) is 15.5. The molecule has 4 rings (SSSR count). The van der Waals surface area contributed by atoms with Gasteiger partial charge in [-0.05, 0) is 36.8 Å². The van der Waals surface area contributed by atoms with Gasteiger partial charge in [-0.1, -0.05) is 29.8 Å². The molecule has 0 saturated carbocycles. The number of H-pyrrole nitrogens is 1. The molecule has 0 fully saturated rings. The number of nitrogens with two attached hydrogens (primary N) is 1. The lowest BCUT2D eigenvalue weighted by Crippen LogP contribution is -2.23. The van der Waals surface area contributed by atoms with Crippen molar-refractivity contribution in [1.29, 1.82) is 0 Å². The first-order valence-corrected chi connectivity index (χ1v) is 8.71. The number of aromatic amines is 1. The predicted octanol–water partition coefficient (Wildman–Crippen LogP) is 3.06. The number of carbonyl (C=O) groups excluding carboxylic acids is 2. The number of aryl methyl sites for hydroxylation is 1. The summed E-state index contributed by atoms with van der Waals surface area (Å²) < 4.78 is 1.36. The smallest absolute Gasteiger partial charge is 0.276 e. The molecule has 0 aliphatic carbocycles. The minimum Gasteiger partial charge on any atom is -0.364 e. The second-order valence-electron chi connectivity index (χ2n) is 6.17. The van der Waals surface area contributed by atoms with E-state index in [0.29, 0.717) is 22.2 Å². The zero-order valence-electron chi connectivity index (χ0n) is 14.7. The Morgan fingerprint density at radius 3 is 2.75 bits per heavy atom. The molecule has 4 N–H and O–H groups in total. The van der Waals surface area contributed by atoms with Gasteiger partial charge in [-0.3, -0.25) is 14.2 Å². The topological polar surface area (TPSA) is 119 Å². The number of carbonyl (C=O) groups is 2. The molecule has 2 aromatic carbocycles. The van der Waals surface area contributed by atoms with Crippen LogP contribution in [0, 0.1) is 6.92 Å². The number of fused-ring (bicyclic) bond motifs is 1. The number of hydrogen-bond acceptors (Lipinski definition) is 4. The monoisotopic (exact) mass is 394 g/mol. The van der Waals surface area contributed by atoms with Gasteiger partial charge in [-0.15, -0.1) is 0 Å². The van der Waals surface area contributed by atoms with Gasteiger partial charge in [-0.25, -0.2) is 9.97 Å². The van der Waals surface area contributed by atoms with E-state index in [-0.39, 0.29) is 11.4 Å². The SMILES string of the molecule is Cc1ccc(Cl)cc1NC(=O)c1ncn(-c2nc3ccccc3[nH]2)c1C(N)=O. The summed E-state index contributed by atoms with van der Waals surface area (Å²) in [7, 11) is 0. The van der Waals surface area contributed by atoms with Crippen molar-refractivity contribution in [3.8, 4) is 5.95 Å². The Labute approximate surface area is 164 Å². The lowest BCUT2D eigenvalue weighted by molar-refractivity contribution is 0.0970. The Kier molecular flexibility index (Phi) is 4.32. The maximum Gasteiger partial charge on any atom is 0.276 e.